The van der Waals surface area contributed by atoms with E-state index in [0.717, 1.165) is 38.2 Å². The second-order valence-electron chi connectivity index (χ2n) is 4.78. The van der Waals surface area contributed by atoms with E-state index >= 15 is 0 Å². The van der Waals surface area contributed by atoms with E-state index in [4.69, 9.17) is 9.63 Å². The van der Waals surface area contributed by atoms with E-state index in [1.54, 1.807) is 0 Å². The van der Waals surface area contributed by atoms with E-state index in [1.807, 2.05) is 6.92 Å². The smallest absolute Gasteiger partial charge is 0.303 e. The van der Waals surface area contributed by atoms with Crippen LogP contribution >= 0.6 is 0 Å². The molecular formula is C12H19N3O3. The molecule has 0 amide bonds. The van der Waals surface area contributed by atoms with Crippen molar-refractivity contribution in [3.8, 4) is 0 Å². The lowest BCUT2D eigenvalue weighted by Gasteiger charge is -2.12. The van der Waals surface area contributed by atoms with Crippen LogP contribution in [0.2, 0.25) is 0 Å². The Kier molecular flexibility index (Phi) is 4.30. The van der Waals surface area contributed by atoms with Crippen molar-refractivity contribution in [3.05, 3.63) is 11.7 Å². The molecule has 100 valence electrons. The third kappa shape index (κ3) is 3.53. The molecule has 1 aliphatic rings. The number of carboxylic acid groups (broad SMARTS) is 1. The van der Waals surface area contributed by atoms with E-state index in [9.17, 15) is 4.79 Å². The first kappa shape index (κ1) is 13.0. The number of aromatic nitrogens is 2. The van der Waals surface area contributed by atoms with Gasteiger partial charge in [0.2, 0.25) is 5.89 Å². The van der Waals surface area contributed by atoms with Gasteiger partial charge >= 0.3 is 5.97 Å². The molecule has 6 nitrogen and oxygen atoms in total. The molecule has 0 radical (unpaired) electrons. The summed E-state index contributed by atoms with van der Waals surface area (Å²) in [6.45, 7) is 4.58. The number of carbonyl (C=O) groups is 1. The fourth-order valence-electron chi connectivity index (χ4n) is 2.31. The maximum atomic E-state index is 10.5. The first-order valence-electron chi connectivity index (χ1n) is 6.43. The summed E-state index contributed by atoms with van der Waals surface area (Å²) in [5.41, 5.74) is 0. The zero-order chi connectivity index (χ0) is 13.0. The van der Waals surface area contributed by atoms with Crippen molar-refractivity contribution in [2.75, 3.05) is 13.1 Å². The van der Waals surface area contributed by atoms with Gasteiger partial charge in [-0.25, -0.2) is 0 Å². The minimum atomic E-state index is -0.710. The number of hydrogen-bond acceptors (Lipinski definition) is 5. The number of rotatable bonds is 6. The first-order valence-corrected chi connectivity index (χ1v) is 6.43. The Bertz CT molecular complexity index is 405. The summed E-state index contributed by atoms with van der Waals surface area (Å²) in [6, 6.07) is 0. The van der Waals surface area contributed by atoms with Gasteiger partial charge in [-0.15, -0.1) is 0 Å². The Morgan fingerprint density at radius 1 is 1.61 bits per heavy atom. The van der Waals surface area contributed by atoms with E-state index in [-0.39, 0.29) is 6.42 Å². The normalized spacial score (nSPS) is 20.4. The minimum Gasteiger partial charge on any atom is -0.481 e. The van der Waals surface area contributed by atoms with Gasteiger partial charge in [-0.3, -0.25) is 9.69 Å². The lowest BCUT2D eigenvalue weighted by molar-refractivity contribution is -0.137. The quantitative estimate of drug-likeness (QED) is 0.823. The SMILES string of the molecule is CCc1noc(CN2CCC(CCC(=O)O)C2)n1. The van der Waals surface area contributed by atoms with Gasteiger partial charge in [0.1, 0.15) is 0 Å². The van der Waals surface area contributed by atoms with Crippen molar-refractivity contribution < 1.29 is 14.4 Å². The van der Waals surface area contributed by atoms with Crippen molar-refractivity contribution >= 4 is 5.97 Å². The van der Waals surface area contributed by atoms with Crippen molar-refractivity contribution in [3.63, 3.8) is 0 Å². The summed E-state index contributed by atoms with van der Waals surface area (Å²) in [5.74, 6) is 1.17. The Morgan fingerprint density at radius 2 is 2.44 bits per heavy atom. The van der Waals surface area contributed by atoms with Gasteiger partial charge in [-0.2, -0.15) is 4.98 Å². The predicted octanol–water partition coefficient (Wildman–Crippen LogP) is 1.32. The number of likely N-dealkylation sites (tertiary alicyclic amines) is 1. The van der Waals surface area contributed by atoms with Crippen molar-refractivity contribution in [2.24, 2.45) is 5.92 Å². The highest BCUT2D eigenvalue weighted by Crippen LogP contribution is 2.22. The summed E-state index contributed by atoms with van der Waals surface area (Å²) < 4.78 is 5.15. The molecule has 1 N–H and O–H groups in total. The molecule has 18 heavy (non-hydrogen) atoms. The number of carboxylic acids is 1. The topological polar surface area (TPSA) is 79.5 Å². The molecule has 1 fully saturated rings. The maximum Gasteiger partial charge on any atom is 0.303 e. The van der Waals surface area contributed by atoms with Gasteiger partial charge in [-0.1, -0.05) is 12.1 Å². The number of nitrogens with zero attached hydrogens (tertiary/aromatic N) is 3. The molecular weight excluding hydrogens is 234 g/mol. The molecule has 1 aromatic heterocycles. The van der Waals surface area contributed by atoms with Crippen LogP contribution in [0.1, 0.15) is 37.9 Å². The van der Waals surface area contributed by atoms with E-state index in [0.29, 0.717) is 18.4 Å². The molecule has 0 aliphatic carbocycles. The summed E-state index contributed by atoms with van der Waals surface area (Å²) in [7, 11) is 0. The summed E-state index contributed by atoms with van der Waals surface area (Å²) >= 11 is 0. The van der Waals surface area contributed by atoms with Crippen LogP contribution in [-0.4, -0.2) is 39.2 Å². The van der Waals surface area contributed by atoms with Crippen LogP contribution in [0.3, 0.4) is 0 Å². The number of aliphatic carboxylic acids is 1. The molecule has 6 heteroatoms. The highest BCUT2D eigenvalue weighted by Gasteiger charge is 2.24. The number of aryl methyl sites for hydroxylation is 1. The molecule has 1 aromatic rings. The predicted molar refractivity (Wildman–Crippen MR) is 63.9 cm³/mol. The molecule has 0 bridgehead atoms. The third-order valence-electron chi connectivity index (χ3n) is 3.32. The zero-order valence-corrected chi connectivity index (χ0v) is 10.6. The zero-order valence-electron chi connectivity index (χ0n) is 10.6. The summed E-state index contributed by atoms with van der Waals surface area (Å²) in [4.78, 5) is 17.0. The van der Waals surface area contributed by atoms with Crippen LogP contribution < -0.4 is 0 Å². The Morgan fingerprint density at radius 3 is 3.11 bits per heavy atom. The van der Waals surface area contributed by atoms with Crippen LogP contribution in [0.15, 0.2) is 4.52 Å². The summed E-state index contributed by atoms with van der Waals surface area (Å²) in [5, 5.41) is 12.5. The van der Waals surface area contributed by atoms with Crippen LogP contribution in [0.25, 0.3) is 0 Å². The highest BCUT2D eigenvalue weighted by atomic mass is 16.5. The largest absolute Gasteiger partial charge is 0.481 e. The fourth-order valence-corrected chi connectivity index (χ4v) is 2.31. The lowest BCUT2D eigenvalue weighted by atomic mass is 10.0. The monoisotopic (exact) mass is 253 g/mol. The molecule has 1 aliphatic heterocycles. The molecule has 0 aromatic carbocycles. The fraction of sp³-hybridized carbons (Fsp3) is 0.750. The molecule has 1 atom stereocenters. The maximum absolute atomic E-state index is 10.5. The second kappa shape index (κ2) is 5.95. The van der Waals surface area contributed by atoms with Gasteiger partial charge in [0, 0.05) is 19.4 Å². The van der Waals surface area contributed by atoms with Crippen molar-refractivity contribution in [2.45, 2.75) is 39.2 Å². The van der Waals surface area contributed by atoms with Crippen molar-refractivity contribution in [1.82, 2.24) is 15.0 Å². The number of hydrogen-bond donors (Lipinski definition) is 1. The Balaban J connectivity index is 1.76. The van der Waals surface area contributed by atoms with Crippen LogP contribution in [0.4, 0.5) is 0 Å². The van der Waals surface area contributed by atoms with Gasteiger partial charge in [0.25, 0.3) is 0 Å². The Hall–Kier alpha value is -1.43. The van der Waals surface area contributed by atoms with Gasteiger partial charge in [-0.05, 0) is 25.3 Å². The molecule has 0 spiro atoms. The van der Waals surface area contributed by atoms with Crippen LogP contribution in [0.5, 0.6) is 0 Å². The van der Waals surface area contributed by atoms with E-state index in [2.05, 4.69) is 15.0 Å². The highest BCUT2D eigenvalue weighted by molar-refractivity contribution is 5.66. The molecule has 1 unspecified atom stereocenters. The average molecular weight is 253 g/mol. The molecule has 1 saturated heterocycles. The second-order valence-corrected chi connectivity index (χ2v) is 4.78. The standard InChI is InChI=1S/C12H19N3O3/c1-2-10-13-11(18-14-10)8-15-6-5-9(7-15)3-4-12(16)17/h9H,2-8H2,1H3,(H,16,17). The third-order valence-corrected chi connectivity index (χ3v) is 3.32. The average Bonchev–Trinajstić information content (AvgIpc) is 2.96. The Labute approximate surface area is 106 Å². The van der Waals surface area contributed by atoms with Gasteiger partial charge in [0.05, 0.1) is 6.54 Å². The van der Waals surface area contributed by atoms with Gasteiger partial charge in [0.15, 0.2) is 5.82 Å². The summed E-state index contributed by atoms with van der Waals surface area (Å²) in [6.07, 6.45) is 2.86. The molecule has 0 saturated carbocycles. The first-order chi connectivity index (χ1) is 8.67. The van der Waals surface area contributed by atoms with Crippen LogP contribution in [0, 0.1) is 5.92 Å². The molecule has 2 rings (SSSR count). The van der Waals surface area contributed by atoms with Gasteiger partial charge < -0.3 is 9.63 Å². The van der Waals surface area contributed by atoms with E-state index in [1.165, 1.54) is 0 Å². The lowest BCUT2D eigenvalue weighted by Crippen LogP contribution is -2.20. The van der Waals surface area contributed by atoms with E-state index < -0.39 is 5.97 Å². The minimum absolute atomic E-state index is 0.263. The van der Waals surface area contributed by atoms with Crippen molar-refractivity contribution in [1.29, 1.82) is 0 Å². The van der Waals surface area contributed by atoms with Crippen LogP contribution in [-0.2, 0) is 17.8 Å². The molecule has 2 heterocycles.